The van der Waals surface area contributed by atoms with Crippen LogP contribution in [0.3, 0.4) is 0 Å². The number of aromatic nitrogens is 6. The van der Waals surface area contributed by atoms with Gasteiger partial charge in [0.25, 0.3) is 0 Å². The summed E-state index contributed by atoms with van der Waals surface area (Å²) in [6, 6.07) is 11.2. The molecule has 5 heterocycles. The maximum absolute atomic E-state index is 15.2. The fourth-order valence-electron chi connectivity index (χ4n) is 4.39. The molecule has 37 heavy (non-hydrogen) atoms. The third-order valence-electron chi connectivity index (χ3n) is 6.23. The van der Waals surface area contributed by atoms with Crippen molar-refractivity contribution in [1.82, 2.24) is 30.1 Å². The van der Waals surface area contributed by atoms with Crippen LogP contribution in [0.5, 0.6) is 0 Å². The van der Waals surface area contributed by atoms with Crippen molar-refractivity contribution >= 4 is 39.0 Å². The predicted octanol–water partition coefficient (Wildman–Crippen LogP) is 7.55. The van der Waals surface area contributed by atoms with Crippen LogP contribution in [0, 0.1) is 5.82 Å². The molecule has 0 amide bonds. The van der Waals surface area contributed by atoms with Gasteiger partial charge in [-0.15, -0.1) is 11.3 Å². The fourth-order valence-corrected chi connectivity index (χ4v) is 5.11. The van der Waals surface area contributed by atoms with Crippen LogP contribution in [-0.2, 0) is 0 Å². The highest BCUT2D eigenvalue weighted by Gasteiger charge is 2.18. The number of hydrogen-bond acceptors (Lipinski definition) is 6. The first-order valence-corrected chi connectivity index (χ1v) is 13.0. The van der Waals surface area contributed by atoms with Crippen molar-refractivity contribution in [3.63, 3.8) is 0 Å². The Labute approximate surface area is 216 Å². The minimum absolute atomic E-state index is 0.256. The number of anilines is 1. The zero-order valence-corrected chi connectivity index (χ0v) is 21.0. The number of fused-ring (bicyclic) bond motifs is 2. The quantitative estimate of drug-likeness (QED) is 0.197. The van der Waals surface area contributed by atoms with Crippen molar-refractivity contribution in [3.05, 3.63) is 78.5 Å². The highest BCUT2D eigenvalue weighted by Crippen LogP contribution is 2.34. The predicted molar refractivity (Wildman–Crippen MR) is 148 cm³/mol. The van der Waals surface area contributed by atoms with E-state index in [0.29, 0.717) is 22.5 Å². The SMILES string of the molecule is C=C(CCCC)Nc1cncc(-c2cc(F)c3n[nH]c(-c4nc5c(-c6cccs6)nccc5[nH]4)c3c2)c1. The van der Waals surface area contributed by atoms with Crippen LogP contribution in [0.15, 0.2) is 72.6 Å². The van der Waals surface area contributed by atoms with Crippen LogP contribution in [0.25, 0.3) is 55.2 Å². The average Bonchev–Trinajstić information content (AvgIpc) is 3.67. The molecule has 0 spiro atoms. The Kier molecular flexibility index (Phi) is 5.97. The minimum Gasteiger partial charge on any atom is -0.358 e. The first kappa shape index (κ1) is 23.1. The topological polar surface area (TPSA) is 95.2 Å². The number of imidazole rings is 1. The average molecular weight is 510 g/mol. The molecule has 5 aromatic heterocycles. The van der Waals surface area contributed by atoms with Gasteiger partial charge < -0.3 is 10.3 Å². The summed E-state index contributed by atoms with van der Waals surface area (Å²) in [5, 5.41) is 13.2. The van der Waals surface area contributed by atoms with Gasteiger partial charge in [0.2, 0.25) is 0 Å². The zero-order valence-electron chi connectivity index (χ0n) is 20.2. The molecular weight excluding hydrogens is 485 g/mol. The Morgan fingerprint density at radius 3 is 2.89 bits per heavy atom. The summed E-state index contributed by atoms with van der Waals surface area (Å²) in [4.78, 5) is 18.1. The van der Waals surface area contributed by atoms with Crippen LogP contribution in [0.4, 0.5) is 10.1 Å². The summed E-state index contributed by atoms with van der Waals surface area (Å²) in [6.45, 7) is 6.25. The molecule has 7 nitrogen and oxygen atoms in total. The van der Waals surface area contributed by atoms with E-state index in [1.54, 1.807) is 29.9 Å². The number of H-pyrrole nitrogens is 2. The van der Waals surface area contributed by atoms with Crippen LogP contribution < -0.4 is 5.32 Å². The largest absolute Gasteiger partial charge is 0.358 e. The molecule has 3 N–H and O–H groups in total. The van der Waals surface area contributed by atoms with E-state index < -0.39 is 5.82 Å². The molecule has 6 rings (SSSR count). The third kappa shape index (κ3) is 4.38. The van der Waals surface area contributed by atoms with Gasteiger partial charge in [0, 0.05) is 29.0 Å². The monoisotopic (exact) mass is 509 g/mol. The summed E-state index contributed by atoms with van der Waals surface area (Å²) in [5.74, 6) is 0.151. The van der Waals surface area contributed by atoms with Gasteiger partial charge in [0.05, 0.1) is 22.3 Å². The molecule has 0 atom stereocenters. The second kappa shape index (κ2) is 9.59. The number of rotatable bonds is 8. The third-order valence-corrected chi connectivity index (χ3v) is 7.11. The molecule has 9 heteroatoms. The normalized spacial score (nSPS) is 11.4. The number of aromatic amines is 2. The lowest BCUT2D eigenvalue weighted by atomic mass is 10.0. The standard InChI is InChI=1S/C28H24FN7S/c1-3-4-6-16(2)32-19-11-18(14-30-15-19)17-12-20-24(21(29)13-17)35-36-25(20)28-33-22-8-9-31-27(26(22)34-28)23-7-5-10-37-23/h5,7-15,32H,2-4,6H2,1H3,(H,33,34)(H,35,36). The summed E-state index contributed by atoms with van der Waals surface area (Å²) in [6.07, 6.45) is 8.28. The summed E-state index contributed by atoms with van der Waals surface area (Å²) in [5.41, 5.74) is 6.50. The van der Waals surface area contributed by atoms with Crippen molar-refractivity contribution < 1.29 is 4.39 Å². The molecule has 0 aliphatic heterocycles. The lowest BCUT2D eigenvalue weighted by Crippen LogP contribution is -1.98. The number of thiophene rings is 1. The Balaban J connectivity index is 1.40. The van der Waals surface area contributed by atoms with E-state index in [0.717, 1.165) is 57.8 Å². The molecule has 6 aromatic rings. The van der Waals surface area contributed by atoms with Gasteiger partial charge in [-0.25, -0.2) is 9.37 Å². The number of nitrogens with zero attached hydrogens (tertiary/aromatic N) is 4. The molecule has 0 fully saturated rings. The van der Waals surface area contributed by atoms with E-state index in [1.165, 1.54) is 6.07 Å². The van der Waals surface area contributed by atoms with Gasteiger partial charge >= 0.3 is 0 Å². The van der Waals surface area contributed by atoms with Gasteiger partial charge in [0.1, 0.15) is 22.4 Å². The Bertz CT molecular complexity index is 1730. The molecule has 0 aliphatic carbocycles. The van der Waals surface area contributed by atoms with Gasteiger partial charge in [-0.3, -0.25) is 15.1 Å². The van der Waals surface area contributed by atoms with E-state index in [4.69, 9.17) is 4.98 Å². The molecule has 0 unspecified atom stereocenters. The fraction of sp³-hybridized carbons (Fsp3) is 0.143. The summed E-state index contributed by atoms with van der Waals surface area (Å²) in [7, 11) is 0. The Morgan fingerprint density at radius 1 is 1.14 bits per heavy atom. The van der Waals surface area contributed by atoms with E-state index in [9.17, 15) is 0 Å². The lowest BCUT2D eigenvalue weighted by molar-refractivity contribution is 0.636. The summed E-state index contributed by atoms with van der Waals surface area (Å²) >= 11 is 1.61. The van der Waals surface area contributed by atoms with Gasteiger partial charge in [-0.05, 0) is 54.1 Å². The van der Waals surface area contributed by atoms with Crippen LogP contribution in [0.1, 0.15) is 26.2 Å². The molecule has 0 bridgehead atoms. The molecule has 0 radical (unpaired) electrons. The number of unbranched alkanes of at least 4 members (excludes halogenated alkanes) is 1. The number of benzene rings is 1. The molecule has 0 saturated carbocycles. The number of halogens is 1. The maximum atomic E-state index is 15.2. The molecule has 0 saturated heterocycles. The van der Waals surface area contributed by atoms with Gasteiger partial charge in [-0.1, -0.05) is 26.0 Å². The first-order valence-electron chi connectivity index (χ1n) is 12.1. The number of hydrogen-bond donors (Lipinski definition) is 3. The van der Waals surface area contributed by atoms with E-state index in [1.807, 2.05) is 35.7 Å². The molecule has 1 aromatic carbocycles. The lowest BCUT2D eigenvalue weighted by Gasteiger charge is -2.10. The van der Waals surface area contributed by atoms with Gasteiger partial charge in [0.15, 0.2) is 11.6 Å². The van der Waals surface area contributed by atoms with Crippen molar-refractivity contribution in [2.24, 2.45) is 0 Å². The Morgan fingerprint density at radius 2 is 2.05 bits per heavy atom. The van der Waals surface area contributed by atoms with Crippen molar-refractivity contribution in [2.45, 2.75) is 26.2 Å². The molecular formula is C28H24FN7S. The van der Waals surface area contributed by atoms with Gasteiger partial charge in [-0.2, -0.15) is 5.10 Å². The highest BCUT2D eigenvalue weighted by molar-refractivity contribution is 7.13. The minimum atomic E-state index is -0.419. The van der Waals surface area contributed by atoms with Crippen molar-refractivity contribution in [3.8, 4) is 33.2 Å². The van der Waals surface area contributed by atoms with E-state index in [-0.39, 0.29) is 5.52 Å². The number of allylic oxidation sites excluding steroid dienone is 1. The highest BCUT2D eigenvalue weighted by atomic mass is 32.1. The first-order chi connectivity index (χ1) is 18.1. The second-order valence-electron chi connectivity index (χ2n) is 8.87. The zero-order chi connectivity index (χ0) is 25.4. The number of nitrogens with one attached hydrogen (secondary N) is 3. The van der Waals surface area contributed by atoms with Crippen LogP contribution in [0.2, 0.25) is 0 Å². The Hall–Kier alpha value is -4.37. The maximum Gasteiger partial charge on any atom is 0.157 e. The summed E-state index contributed by atoms with van der Waals surface area (Å²) < 4.78 is 15.2. The smallest absolute Gasteiger partial charge is 0.157 e. The van der Waals surface area contributed by atoms with E-state index in [2.05, 4.69) is 44.0 Å². The van der Waals surface area contributed by atoms with Crippen molar-refractivity contribution in [2.75, 3.05) is 5.32 Å². The number of pyridine rings is 2. The van der Waals surface area contributed by atoms with Crippen LogP contribution in [-0.4, -0.2) is 30.1 Å². The molecule has 184 valence electrons. The van der Waals surface area contributed by atoms with Crippen LogP contribution >= 0.6 is 11.3 Å². The van der Waals surface area contributed by atoms with E-state index >= 15 is 4.39 Å². The van der Waals surface area contributed by atoms with Crippen molar-refractivity contribution in [1.29, 1.82) is 0 Å². The molecule has 0 aliphatic rings. The second-order valence-corrected chi connectivity index (χ2v) is 9.81.